The summed E-state index contributed by atoms with van der Waals surface area (Å²) < 4.78 is 26.2. The molecule has 2 aliphatic rings. The molecule has 0 N–H and O–H groups in total. The van der Waals surface area contributed by atoms with Gasteiger partial charge in [-0.05, 0) is 22.0 Å². The zero-order chi connectivity index (χ0) is 10.3. The lowest BCUT2D eigenvalue weighted by atomic mass is 9.91. The summed E-state index contributed by atoms with van der Waals surface area (Å²) in [5.41, 5.74) is -0.0281. The van der Waals surface area contributed by atoms with Crippen LogP contribution in [0.1, 0.15) is 0 Å². The quantitative estimate of drug-likeness (QED) is 0.658. The van der Waals surface area contributed by atoms with Crippen molar-refractivity contribution < 1.29 is 13.6 Å². The molecule has 72 valence electrons. The summed E-state index contributed by atoms with van der Waals surface area (Å²) >= 11 is 2.97. The molecule has 0 fully saturated rings. The highest BCUT2D eigenvalue weighted by Gasteiger charge is 2.32. The van der Waals surface area contributed by atoms with Gasteiger partial charge in [-0.25, -0.2) is 8.78 Å². The molecule has 0 saturated heterocycles. The first-order chi connectivity index (χ1) is 6.59. The number of aliphatic imine (C=N–C) groups is 1. The molecule has 1 atom stereocenters. The maximum atomic E-state index is 13.1. The molecular formula is C9H4BrF2NO. The molecular weight excluding hydrogens is 256 g/mol. The van der Waals surface area contributed by atoms with Crippen LogP contribution >= 0.6 is 15.9 Å². The van der Waals surface area contributed by atoms with Crippen LogP contribution in [0.15, 0.2) is 39.5 Å². The largest absolute Gasteiger partial charge is 0.292 e. The number of allylic oxidation sites excluding steroid dienone is 5. The fraction of sp³-hybridized carbons (Fsp3) is 0.111. The second-order valence-electron chi connectivity index (χ2n) is 2.88. The van der Waals surface area contributed by atoms with E-state index in [1.807, 2.05) is 0 Å². The van der Waals surface area contributed by atoms with E-state index in [0.717, 1.165) is 12.2 Å². The monoisotopic (exact) mass is 259 g/mol. The minimum atomic E-state index is -0.931. The number of nitrogens with zero attached hydrogens (tertiary/aromatic N) is 1. The van der Waals surface area contributed by atoms with E-state index in [2.05, 4.69) is 20.9 Å². The Bertz CT molecular complexity index is 434. The molecule has 1 aliphatic carbocycles. The Labute approximate surface area is 86.8 Å². The van der Waals surface area contributed by atoms with Gasteiger partial charge in [0, 0.05) is 12.3 Å². The molecule has 0 radical (unpaired) electrons. The van der Waals surface area contributed by atoms with Gasteiger partial charge in [0.15, 0.2) is 5.78 Å². The van der Waals surface area contributed by atoms with Gasteiger partial charge in [-0.15, -0.1) is 0 Å². The molecule has 0 spiro atoms. The van der Waals surface area contributed by atoms with Crippen LogP contribution in [0.3, 0.4) is 0 Å². The van der Waals surface area contributed by atoms with Crippen molar-refractivity contribution >= 4 is 27.4 Å². The zero-order valence-electron chi connectivity index (χ0n) is 6.80. The summed E-state index contributed by atoms with van der Waals surface area (Å²) in [5, 5.41) is 0. The summed E-state index contributed by atoms with van der Waals surface area (Å²) in [6, 6.07) is 0. The highest BCUT2D eigenvalue weighted by Crippen LogP contribution is 2.29. The molecule has 2 rings (SSSR count). The first-order valence-electron chi connectivity index (χ1n) is 3.82. The van der Waals surface area contributed by atoms with Crippen LogP contribution < -0.4 is 0 Å². The first-order valence-corrected chi connectivity index (χ1v) is 4.61. The van der Waals surface area contributed by atoms with Crippen LogP contribution in [0.5, 0.6) is 0 Å². The molecule has 0 aromatic carbocycles. The number of rotatable bonds is 0. The van der Waals surface area contributed by atoms with E-state index in [1.165, 1.54) is 6.20 Å². The number of ketones is 1. The van der Waals surface area contributed by atoms with Crippen molar-refractivity contribution in [1.82, 2.24) is 0 Å². The van der Waals surface area contributed by atoms with Crippen LogP contribution in [0.4, 0.5) is 8.78 Å². The highest BCUT2D eigenvalue weighted by atomic mass is 79.9. The number of hydrogen-bond acceptors (Lipinski definition) is 2. The number of fused-ring (bicyclic) bond motifs is 1. The highest BCUT2D eigenvalue weighted by molar-refractivity contribution is 9.12. The van der Waals surface area contributed by atoms with E-state index >= 15 is 0 Å². The van der Waals surface area contributed by atoms with Crippen molar-refractivity contribution in [2.45, 2.75) is 0 Å². The third kappa shape index (κ3) is 1.37. The van der Waals surface area contributed by atoms with E-state index in [1.54, 1.807) is 0 Å². The average Bonchev–Trinajstić information content (AvgIpc) is 2.12. The van der Waals surface area contributed by atoms with Crippen LogP contribution in [0.25, 0.3) is 0 Å². The molecule has 1 heterocycles. The lowest BCUT2D eigenvalue weighted by Gasteiger charge is -2.19. The first kappa shape index (κ1) is 9.45. The zero-order valence-corrected chi connectivity index (χ0v) is 8.38. The third-order valence-electron chi connectivity index (χ3n) is 1.96. The average molecular weight is 260 g/mol. The van der Waals surface area contributed by atoms with Gasteiger partial charge in [-0.2, -0.15) is 0 Å². The SMILES string of the molecule is O=C1C(Br)=CN=C2C(F)=CC(F)=CC12. The van der Waals surface area contributed by atoms with Crippen LogP contribution in [0.2, 0.25) is 0 Å². The lowest BCUT2D eigenvalue weighted by Crippen LogP contribution is -2.27. The van der Waals surface area contributed by atoms with Crippen LogP contribution in [-0.4, -0.2) is 11.5 Å². The fourth-order valence-electron chi connectivity index (χ4n) is 1.31. The molecule has 0 amide bonds. The number of carbonyl (C=O) groups excluding carboxylic acids is 1. The molecule has 1 aliphatic heterocycles. The summed E-state index contributed by atoms with van der Waals surface area (Å²) in [6.07, 6.45) is 2.99. The normalized spacial score (nSPS) is 25.9. The van der Waals surface area contributed by atoms with E-state index < -0.39 is 17.6 Å². The van der Waals surface area contributed by atoms with Gasteiger partial charge in [-0.1, -0.05) is 0 Å². The number of hydrogen-bond donors (Lipinski definition) is 0. The molecule has 5 heteroatoms. The minimum Gasteiger partial charge on any atom is -0.292 e. The van der Waals surface area contributed by atoms with Crippen LogP contribution in [0, 0.1) is 5.92 Å². The molecule has 0 bridgehead atoms. The van der Waals surface area contributed by atoms with Crippen molar-refractivity contribution in [3.8, 4) is 0 Å². The van der Waals surface area contributed by atoms with E-state index in [-0.39, 0.29) is 16.0 Å². The van der Waals surface area contributed by atoms with Gasteiger partial charge < -0.3 is 0 Å². The van der Waals surface area contributed by atoms with E-state index in [4.69, 9.17) is 0 Å². The second-order valence-corrected chi connectivity index (χ2v) is 3.73. The molecule has 0 saturated carbocycles. The Hall–Kier alpha value is -1.10. The van der Waals surface area contributed by atoms with Gasteiger partial charge in [0.2, 0.25) is 0 Å². The Morgan fingerprint density at radius 3 is 2.86 bits per heavy atom. The van der Waals surface area contributed by atoms with Gasteiger partial charge in [0.25, 0.3) is 0 Å². The van der Waals surface area contributed by atoms with Crippen LogP contribution in [-0.2, 0) is 4.79 Å². The third-order valence-corrected chi connectivity index (χ3v) is 2.56. The van der Waals surface area contributed by atoms with Crippen molar-refractivity contribution in [1.29, 1.82) is 0 Å². The predicted octanol–water partition coefficient (Wildman–Crippen LogP) is 2.58. The summed E-state index contributed by atoms with van der Waals surface area (Å²) in [5.74, 6) is -2.85. The van der Waals surface area contributed by atoms with E-state index in [0.29, 0.717) is 0 Å². The second kappa shape index (κ2) is 3.24. The Balaban J connectivity index is 2.52. The molecule has 1 unspecified atom stereocenters. The molecule has 2 nitrogen and oxygen atoms in total. The molecule has 14 heavy (non-hydrogen) atoms. The van der Waals surface area contributed by atoms with Crippen molar-refractivity contribution in [3.63, 3.8) is 0 Å². The summed E-state index contributed by atoms with van der Waals surface area (Å²) in [4.78, 5) is 15.2. The minimum absolute atomic E-state index is 0.0281. The van der Waals surface area contributed by atoms with Gasteiger partial charge in [0.1, 0.15) is 11.7 Å². The van der Waals surface area contributed by atoms with Crippen molar-refractivity contribution in [2.24, 2.45) is 10.9 Å². The number of carbonyl (C=O) groups is 1. The lowest BCUT2D eigenvalue weighted by molar-refractivity contribution is -0.115. The maximum absolute atomic E-state index is 13.1. The van der Waals surface area contributed by atoms with Crippen molar-refractivity contribution in [2.75, 3.05) is 0 Å². The topological polar surface area (TPSA) is 29.4 Å². The fourth-order valence-corrected chi connectivity index (χ4v) is 1.66. The number of halogens is 3. The summed E-state index contributed by atoms with van der Waals surface area (Å²) in [7, 11) is 0. The Morgan fingerprint density at radius 1 is 1.43 bits per heavy atom. The number of Topliss-reactive ketones (excluding diaryl/α,β-unsaturated/α-hetero) is 1. The maximum Gasteiger partial charge on any atom is 0.184 e. The van der Waals surface area contributed by atoms with Gasteiger partial charge in [0.05, 0.1) is 16.1 Å². The molecule has 0 aromatic heterocycles. The van der Waals surface area contributed by atoms with E-state index in [9.17, 15) is 13.6 Å². The standard InChI is InChI=1S/C9H4BrF2NO/c10-6-3-13-8-5(9(6)14)1-4(11)2-7(8)12/h1-3,5H. The Kier molecular flexibility index (Phi) is 2.19. The molecule has 0 aromatic rings. The Morgan fingerprint density at radius 2 is 2.14 bits per heavy atom. The predicted molar refractivity (Wildman–Crippen MR) is 51.3 cm³/mol. The summed E-state index contributed by atoms with van der Waals surface area (Å²) in [6.45, 7) is 0. The van der Waals surface area contributed by atoms with Crippen molar-refractivity contribution in [3.05, 3.63) is 34.5 Å². The smallest absolute Gasteiger partial charge is 0.184 e. The van der Waals surface area contributed by atoms with Gasteiger partial charge >= 0.3 is 0 Å². The van der Waals surface area contributed by atoms with Gasteiger partial charge in [-0.3, -0.25) is 9.79 Å².